The van der Waals surface area contributed by atoms with Gasteiger partial charge in [-0.2, -0.15) is 0 Å². The fraction of sp³-hybridized carbons (Fsp3) is 0.471. The second kappa shape index (κ2) is 8.04. The zero-order valence-corrected chi connectivity index (χ0v) is 13.6. The molecule has 136 valence electrons. The van der Waals surface area contributed by atoms with Crippen LogP contribution >= 0.6 is 0 Å². The van der Waals surface area contributed by atoms with Crippen LogP contribution in [0.5, 0.6) is 0 Å². The average Bonchev–Trinajstić information content (AvgIpc) is 2.90. The first kappa shape index (κ1) is 18.8. The molecule has 2 rings (SSSR count). The summed E-state index contributed by atoms with van der Waals surface area (Å²) < 4.78 is 26.2. The molecule has 0 unspecified atom stereocenters. The Morgan fingerprint density at radius 1 is 1.16 bits per heavy atom. The van der Waals surface area contributed by atoms with E-state index < -0.39 is 23.1 Å². The number of nitrogens with one attached hydrogen (secondary N) is 2. The lowest BCUT2D eigenvalue weighted by Gasteiger charge is -2.28. The van der Waals surface area contributed by atoms with Crippen LogP contribution in [0.4, 0.5) is 8.78 Å². The minimum Gasteiger partial charge on any atom is -0.481 e. The second-order valence-electron chi connectivity index (χ2n) is 6.28. The lowest BCUT2D eigenvalue weighted by Crippen LogP contribution is -2.43. The topological polar surface area (TPSA) is 95.5 Å². The maximum atomic E-state index is 13.1. The molecule has 0 bridgehead atoms. The number of carbonyl (C=O) groups is 3. The normalized spacial score (nSPS) is 19.5. The molecule has 0 aromatic heterocycles. The van der Waals surface area contributed by atoms with E-state index in [0.29, 0.717) is 24.8 Å². The molecule has 0 aliphatic carbocycles. The van der Waals surface area contributed by atoms with Crippen molar-refractivity contribution in [1.29, 1.82) is 0 Å². The van der Waals surface area contributed by atoms with E-state index in [2.05, 4.69) is 10.6 Å². The van der Waals surface area contributed by atoms with Crippen LogP contribution in [0, 0.1) is 11.6 Å². The summed E-state index contributed by atoms with van der Waals surface area (Å²) in [6.07, 6.45) is 1.36. The zero-order chi connectivity index (χ0) is 18.4. The molecule has 1 aliphatic rings. The van der Waals surface area contributed by atoms with E-state index in [1.807, 2.05) is 0 Å². The molecule has 1 saturated heterocycles. The molecule has 0 radical (unpaired) electrons. The van der Waals surface area contributed by atoms with Gasteiger partial charge in [-0.3, -0.25) is 14.4 Å². The minimum absolute atomic E-state index is 0.0119. The summed E-state index contributed by atoms with van der Waals surface area (Å²) in [4.78, 5) is 34.2. The first-order valence-corrected chi connectivity index (χ1v) is 8.02. The van der Waals surface area contributed by atoms with E-state index in [1.54, 1.807) is 0 Å². The molecule has 8 heteroatoms. The summed E-state index contributed by atoms with van der Waals surface area (Å²) in [5.74, 6) is -2.88. The molecule has 0 spiro atoms. The average molecular weight is 354 g/mol. The van der Waals surface area contributed by atoms with Gasteiger partial charge in [-0.05, 0) is 37.0 Å². The molecule has 6 nitrogen and oxygen atoms in total. The molecule has 1 heterocycles. The van der Waals surface area contributed by atoms with Gasteiger partial charge in [0, 0.05) is 37.4 Å². The summed E-state index contributed by atoms with van der Waals surface area (Å²) in [7, 11) is 0. The van der Waals surface area contributed by atoms with Gasteiger partial charge < -0.3 is 15.7 Å². The van der Waals surface area contributed by atoms with E-state index in [0.717, 1.165) is 18.2 Å². The van der Waals surface area contributed by atoms with Crippen LogP contribution in [0.15, 0.2) is 18.2 Å². The number of hydrogen-bond acceptors (Lipinski definition) is 3. The van der Waals surface area contributed by atoms with Crippen molar-refractivity contribution in [3.63, 3.8) is 0 Å². The molecule has 3 N–H and O–H groups in total. The van der Waals surface area contributed by atoms with Crippen molar-refractivity contribution in [3.05, 3.63) is 35.4 Å². The first-order chi connectivity index (χ1) is 11.8. The molecular formula is C17H20F2N2O4. The maximum Gasteiger partial charge on any atom is 0.303 e. The van der Waals surface area contributed by atoms with Gasteiger partial charge in [-0.15, -0.1) is 0 Å². The van der Waals surface area contributed by atoms with Gasteiger partial charge in [0.05, 0.1) is 0 Å². The zero-order valence-electron chi connectivity index (χ0n) is 13.6. The van der Waals surface area contributed by atoms with Gasteiger partial charge >= 0.3 is 5.97 Å². The molecule has 25 heavy (non-hydrogen) atoms. The van der Waals surface area contributed by atoms with Crippen LogP contribution in [0.25, 0.3) is 0 Å². The van der Waals surface area contributed by atoms with Gasteiger partial charge in [-0.1, -0.05) is 0 Å². The van der Waals surface area contributed by atoms with Gasteiger partial charge in [0.15, 0.2) is 0 Å². The van der Waals surface area contributed by atoms with Gasteiger partial charge in [-0.25, -0.2) is 8.78 Å². The summed E-state index contributed by atoms with van der Waals surface area (Å²) in [5, 5.41) is 14.2. The van der Waals surface area contributed by atoms with E-state index in [4.69, 9.17) is 5.11 Å². The standard InChI is InChI=1S/C17H20F2N2O4/c18-12-7-11(8-13(19)9-12)10-20-14(22)1-4-17(6-3-16(24)25)5-2-15(23)21-17/h7-9H,1-6,10H2,(H,20,22)(H,21,23)(H,24,25)/t17-/m1/s1. The molecule has 1 aromatic carbocycles. The molecule has 1 aliphatic heterocycles. The van der Waals surface area contributed by atoms with Crippen molar-refractivity contribution in [1.82, 2.24) is 10.6 Å². The summed E-state index contributed by atoms with van der Waals surface area (Å²) in [5.41, 5.74) is -0.377. The van der Waals surface area contributed by atoms with Gasteiger partial charge in [0.25, 0.3) is 0 Å². The van der Waals surface area contributed by atoms with Crippen molar-refractivity contribution >= 4 is 17.8 Å². The fourth-order valence-electron chi connectivity index (χ4n) is 2.97. The van der Waals surface area contributed by atoms with E-state index in [-0.39, 0.29) is 37.6 Å². The number of hydrogen-bond donors (Lipinski definition) is 3. The Hall–Kier alpha value is -2.51. The number of carboxylic acids is 1. The third-order valence-corrected chi connectivity index (χ3v) is 4.30. The van der Waals surface area contributed by atoms with Gasteiger partial charge in [0.1, 0.15) is 11.6 Å². The fourth-order valence-corrected chi connectivity index (χ4v) is 2.97. The SMILES string of the molecule is O=C(O)CC[C@@]1(CCC(=O)NCc2cc(F)cc(F)c2)CCC(=O)N1. The summed E-state index contributed by atoms with van der Waals surface area (Å²) in [6.45, 7) is -0.0119. The number of benzene rings is 1. The number of carbonyl (C=O) groups excluding carboxylic acids is 2. The molecule has 1 atom stereocenters. The van der Waals surface area contributed by atoms with Crippen LogP contribution in [-0.2, 0) is 20.9 Å². The number of carboxylic acid groups (broad SMARTS) is 1. The Kier molecular flexibility index (Phi) is 6.06. The highest BCUT2D eigenvalue weighted by Gasteiger charge is 2.37. The van der Waals surface area contributed by atoms with E-state index in [9.17, 15) is 23.2 Å². The Morgan fingerprint density at radius 2 is 1.80 bits per heavy atom. The van der Waals surface area contributed by atoms with Crippen molar-refractivity contribution in [2.24, 2.45) is 0 Å². The van der Waals surface area contributed by atoms with E-state index in [1.165, 1.54) is 0 Å². The van der Waals surface area contributed by atoms with Crippen molar-refractivity contribution in [3.8, 4) is 0 Å². The second-order valence-corrected chi connectivity index (χ2v) is 6.28. The molecule has 1 fully saturated rings. The number of aliphatic carboxylic acids is 1. The highest BCUT2D eigenvalue weighted by molar-refractivity contribution is 5.80. The number of amides is 2. The molecule has 1 aromatic rings. The Morgan fingerprint density at radius 3 is 2.36 bits per heavy atom. The Balaban J connectivity index is 1.86. The minimum atomic E-state index is -0.960. The Bertz CT molecular complexity index is 660. The Labute approximate surface area is 143 Å². The number of halogens is 2. The molecule has 0 saturated carbocycles. The van der Waals surface area contributed by atoms with Crippen LogP contribution < -0.4 is 10.6 Å². The van der Waals surface area contributed by atoms with Crippen molar-refractivity contribution < 1.29 is 28.3 Å². The van der Waals surface area contributed by atoms with Crippen molar-refractivity contribution in [2.75, 3.05) is 0 Å². The predicted molar refractivity (Wildman–Crippen MR) is 84.4 cm³/mol. The van der Waals surface area contributed by atoms with E-state index >= 15 is 0 Å². The number of rotatable bonds is 8. The van der Waals surface area contributed by atoms with Crippen molar-refractivity contribution in [2.45, 2.75) is 50.6 Å². The van der Waals surface area contributed by atoms with Crippen LogP contribution in [0.1, 0.15) is 44.1 Å². The molecule has 2 amide bonds. The van der Waals surface area contributed by atoms with Gasteiger partial charge in [0.2, 0.25) is 11.8 Å². The predicted octanol–water partition coefficient (Wildman–Crippen LogP) is 1.87. The quantitative estimate of drug-likeness (QED) is 0.664. The van der Waals surface area contributed by atoms with Crippen LogP contribution in [-0.4, -0.2) is 28.4 Å². The van der Waals surface area contributed by atoms with Crippen LogP contribution in [0.3, 0.4) is 0 Å². The largest absolute Gasteiger partial charge is 0.481 e. The monoisotopic (exact) mass is 354 g/mol. The van der Waals surface area contributed by atoms with Crippen LogP contribution in [0.2, 0.25) is 0 Å². The lowest BCUT2D eigenvalue weighted by molar-refractivity contribution is -0.137. The summed E-state index contributed by atoms with van der Waals surface area (Å²) in [6, 6.07) is 3.02. The first-order valence-electron chi connectivity index (χ1n) is 8.02. The summed E-state index contributed by atoms with van der Waals surface area (Å²) >= 11 is 0. The highest BCUT2D eigenvalue weighted by atomic mass is 19.1. The third kappa shape index (κ3) is 5.81. The smallest absolute Gasteiger partial charge is 0.303 e. The lowest BCUT2D eigenvalue weighted by atomic mass is 9.86. The third-order valence-electron chi connectivity index (χ3n) is 4.30. The highest BCUT2D eigenvalue weighted by Crippen LogP contribution is 2.30. The molecular weight excluding hydrogens is 334 g/mol. The maximum absolute atomic E-state index is 13.1.